The van der Waals surface area contributed by atoms with Crippen LogP contribution in [0.1, 0.15) is 19.8 Å². The van der Waals surface area contributed by atoms with Crippen LogP contribution in [0.3, 0.4) is 0 Å². The van der Waals surface area contributed by atoms with Gasteiger partial charge in [-0.2, -0.15) is 0 Å². The lowest BCUT2D eigenvalue weighted by Crippen LogP contribution is -2.39. The number of hydrogen-bond donors (Lipinski definition) is 2. The second-order valence-corrected chi connectivity index (χ2v) is 2.80. The molecule has 0 aromatic carbocycles. The van der Waals surface area contributed by atoms with Crippen molar-refractivity contribution >= 4 is 0 Å². The molecule has 2 atom stereocenters. The second kappa shape index (κ2) is 7.07. The van der Waals surface area contributed by atoms with Gasteiger partial charge in [0.25, 0.3) is 0 Å². The highest BCUT2D eigenvalue weighted by Gasteiger charge is 2.13. The molecule has 0 aromatic rings. The van der Waals surface area contributed by atoms with E-state index in [1.54, 1.807) is 6.08 Å². The summed E-state index contributed by atoms with van der Waals surface area (Å²) in [5.74, 6) is 0. The molecule has 0 unspecified atom stereocenters. The Morgan fingerprint density at radius 1 is 1.42 bits per heavy atom. The molecule has 0 fully saturated rings. The molecule has 0 spiro atoms. The van der Waals surface area contributed by atoms with E-state index < -0.39 is 0 Å². The highest BCUT2D eigenvalue weighted by molar-refractivity contribution is 4.85. The molecular formula is C10H19NO. The lowest BCUT2D eigenvalue weighted by atomic mass is 10.1. The Bertz CT molecular complexity index is 134. The van der Waals surface area contributed by atoms with Crippen molar-refractivity contribution in [1.29, 1.82) is 0 Å². The molecule has 2 nitrogen and oxygen atoms in total. The van der Waals surface area contributed by atoms with E-state index in [2.05, 4.69) is 18.5 Å². The van der Waals surface area contributed by atoms with Gasteiger partial charge >= 0.3 is 0 Å². The summed E-state index contributed by atoms with van der Waals surface area (Å²) in [6.07, 6.45) is 4.88. The standard InChI is InChI=1S/C10H19NO/c1-4-7-9(10(12)6-3)11-8-5-2/h4-5,9-12H,1-2,6-8H2,3H3/t9-,10-/m0/s1. The molecule has 70 valence electrons. The maximum atomic E-state index is 9.53. The quantitative estimate of drug-likeness (QED) is 0.566. The Kier molecular flexibility index (Phi) is 6.72. The van der Waals surface area contributed by atoms with Gasteiger partial charge in [-0.05, 0) is 12.8 Å². The van der Waals surface area contributed by atoms with Gasteiger partial charge in [-0.1, -0.05) is 19.1 Å². The third kappa shape index (κ3) is 4.31. The largest absolute Gasteiger partial charge is 0.392 e. The van der Waals surface area contributed by atoms with Gasteiger partial charge in [-0.25, -0.2) is 0 Å². The topological polar surface area (TPSA) is 32.3 Å². The predicted molar refractivity (Wildman–Crippen MR) is 53.1 cm³/mol. The minimum Gasteiger partial charge on any atom is -0.392 e. The minimum absolute atomic E-state index is 0.116. The summed E-state index contributed by atoms with van der Waals surface area (Å²) < 4.78 is 0. The van der Waals surface area contributed by atoms with E-state index in [-0.39, 0.29) is 12.1 Å². The zero-order chi connectivity index (χ0) is 9.40. The first-order valence-electron chi connectivity index (χ1n) is 4.39. The fraction of sp³-hybridized carbons (Fsp3) is 0.600. The van der Waals surface area contributed by atoms with Crippen LogP contribution in [0.2, 0.25) is 0 Å². The van der Waals surface area contributed by atoms with E-state index in [0.717, 1.165) is 19.4 Å². The van der Waals surface area contributed by atoms with Crippen molar-refractivity contribution in [1.82, 2.24) is 5.32 Å². The molecule has 0 aliphatic carbocycles. The van der Waals surface area contributed by atoms with Gasteiger partial charge in [0, 0.05) is 12.6 Å². The van der Waals surface area contributed by atoms with Crippen molar-refractivity contribution in [3.05, 3.63) is 25.3 Å². The van der Waals surface area contributed by atoms with E-state index in [1.807, 2.05) is 13.0 Å². The predicted octanol–water partition coefficient (Wildman–Crippen LogP) is 1.48. The molecule has 0 radical (unpaired) electrons. The van der Waals surface area contributed by atoms with Crippen LogP contribution < -0.4 is 5.32 Å². The summed E-state index contributed by atoms with van der Waals surface area (Å²) in [7, 11) is 0. The van der Waals surface area contributed by atoms with Gasteiger partial charge < -0.3 is 10.4 Å². The molecule has 0 rings (SSSR count). The smallest absolute Gasteiger partial charge is 0.0693 e. The van der Waals surface area contributed by atoms with E-state index >= 15 is 0 Å². The molecule has 0 aliphatic heterocycles. The SMILES string of the molecule is C=CCN[C@@H](CC=C)[C@@H](O)CC. The van der Waals surface area contributed by atoms with Crippen molar-refractivity contribution < 1.29 is 5.11 Å². The molecule has 0 bridgehead atoms. The molecular weight excluding hydrogens is 150 g/mol. The van der Waals surface area contributed by atoms with Crippen LogP contribution in [0.5, 0.6) is 0 Å². The summed E-state index contributed by atoms with van der Waals surface area (Å²) >= 11 is 0. The van der Waals surface area contributed by atoms with Gasteiger partial charge in [-0.15, -0.1) is 13.2 Å². The first-order valence-corrected chi connectivity index (χ1v) is 4.39. The van der Waals surface area contributed by atoms with Crippen LogP contribution in [0.15, 0.2) is 25.3 Å². The number of aliphatic hydroxyl groups excluding tert-OH is 1. The Morgan fingerprint density at radius 3 is 2.50 bits per heavy atom. The molecule has 0 aliphatic rings. The maximum absolute atomic E-state index is 9.53. The first-order chi connectivity index (χ1) is 5.76. The van der Waals surface area contributed by atoms with Crippen molar-refractivity contribution in [2.45, 2.75) is 31.9 Å². The van der Waals surface area contributed by atoms with E-state index in [4.69, 9.17) is 0 Å². The Hall–Kier alpha value is -0.600. The molecule has 0 aromatic heterocycles. The maximum Gasteiger partial charge on any atom is 0.0693 e. The van der Waals surface area contributed by atoms with Crippen molar-refractivity contribution in [3.63, 3.8) is 0 Å². The van der Waals surface area contributed by atoms with Crippen molar-refractivity contribution in [2.24, 2.45) is 0 Å². The Morgan fingerprint density at radius 2 is 2.08 bits per heavy atom. The Balaban J connectivity index is 3.83. The summed E-state index contributed by atoms with van der Waals surface area (Å²) in [5, 5.41) is 12.7. The fourth-order valence-corrected chi connectivity index (χ4v) is 1.08. The first kappa shape index (κ1) is 11.4. The third-order valence-electron chi connectivity index (χ3n) is 1.83. The number of rotatable bonds is 7. The normalized spacial score (nSPS) is 15.2. The van der Waals surface area contributed by atoms with Crippen LogP contribution in [-0.2, 0) is 0 Å². The van der Waals surface area contributed by atoms with Crippen LogP contribution in [0.4, 0.5) is 0 Å². The zero-order valence-electron chi connectivity index (χ0n) is 7.79. The summed E-state index contributed by atoms with van der Waals surface area (Å²) in [6, 6.07) is 0.116. The van der Waals surface area contributed by atoms with Gasteiger partial charge in [0.2, 0.25) is 0 Å². The van der Waals surface area contributed by atoms with Crippen LogP contribution >= 0.6 is 0 Å². The van der Waals surface area contributed by atoms with E-state index in [0.29, 0.717) is 0 Å². The lowest BCUT2D eigenvalue weighted by Gasteiger charge is -2.21. The summed E-state index contributed by atoms with van der Waals surface area (Å²) in [6.45, 7) is 9.96. The lowest BCUT2D eigenvalue weighted by molar-refractivity contribution is 0.126. The highest BCUT2D eigenvalue weighted by atomic mass is 16.3. The van der Waals surface area contributed by atoms with Crippen molar-refractivity contribution in [2.75, 3.05) is 6.54 Å². The average Bonchev–Trinajstić information content (AvgIpc) is 2.11. The zero-order valence-corrected chi connectivity index (χ0v) is 7.79. The van der Waals surface area contributed by atoms with Crippen molar-refractivity contribution in [3.8, 4) is 0 Å². The molecule has 0 amide bonds. The van der Waals surface area contributed by atoms with Gasteiger partial charge in [-0.3, -0.25) is 0 Å². The molecule has 2 N–H and O–H groups in total. The van der Waals surface area contributed by atoms with E-state index in [9.17, 15) is 5.11 Å². The molecule has 12 heavy (non-hydrogen) atoms. The van der Waals surface area contributed by atoms with Gasteiger partial charge in [0.05, 0.1) is 6.10 Å². The third-order valence-corrected chi connectivity index (χ3v) is 1.83. The monoisotopic (exact) mass is 169 g/mol. The number of aliphatic hydroxyl groups is 1. The Labute approximate surface area is 75.0 Å². The van der Waals surface area contributed by atoms with Gasteiger partial charge in [0.15, 0.2) is 0 Å². The average molecular weight is 169 g/mol. The number of nitrogens with one attached hydrogen (secondary N) is 1. The molecule has 0 saturated carbocycles. The minimum atomic E-state index is -0.289. The fourth-order valence-electron chi connectivity index (χ4n) is 1.08. The van der Waals surface area contributed by atoms with Crippen LogP contribution in [0.25, 0.3) is 0 Å². The van der Waals surface area contributed by atoms with Crippen LogP contribution in [0, 0.1) is 0 Å². The van der Waals surface area contributed by atoms with E-state index in [1.165, 1.54) is 0 Å². The van der Waals surface area contributed by atoms with Gasteiger partial charge in [0.1, 0.15) is 0 Å². The van der Waals surface area contributed by atoms with Crippen LogP contribution in [-0.4, -0.2) is 23.8 Å². The summed E-state index contributed by atoms with van der Waals surface area (Å²) in [5.41, 5.74) is 0. The molecule has 0 saturated heterocycles. The highest BCUT2D eigenvalue weighted by Crippen LogP contribution is 2.03. The second-order valence-electron chi connectivity index (χ2n) is 2.80. The molecule has 0 heterocycles. The number of hydrogen-bond acceptors (Lipinski definition) is 2. The molecule has 2 heteroatoms. The summed E-state index contributed by atoms with van der Waals surface area (Å²) in [4.78, 5) is 0.